The van der Waals surface area contributed by atoms with Gasteiger partial charge in [-0.3, -0.25) is 9.48 Å². The first-order valence-corrected chi connectivity index (χ1v) is 10.3. The Labute approximate surface area is 179 Å². The minimum atomic E-state index is -0.961. The Morgan fingerprint density at radius 3 is 2.37 bits per heavy atom. The van der Waals surface area contributed by atoms with Gasteiger partial charge in [-0.15, -0.1) is 9.24 Å². The average Bonchev–Trinajstić information content (AvgIpc) is 3.18. The lowest BCUT2D eigenvalue weighted by molar-refractivity contribution is -0.123. The molecule has 0 aliphatic carbocycles. The van der Waals surface area contributed by atoms with E-state index in [1.807, 2.05) is 38.1 Å². The van der Waals surface area contributed by atoms with E-state index in [0.717, 1.165) is 22.0 Å². The predicted molar refractivity (Wildman–Crippen MR) is 122 cm³/mol. The van der Waals surface area contributed by atoms with Gasteiger partial charge in [0.1, 0.15) is 5.54 Å². The Balaban J connectivity index is 1.86. The van der Waals surface area contributed by atoms with Gasteiger partial charge in [0, 0.05) is 18.5 Å². The standard InChI is InChI=1S/C22H28N5O2P/c1-14-6-8-17(9-7-14)11-26-21(29)27(20(28)22(26,4)5)18-10-24-25(12-18)13-19(15(2)23)16(3)30/h6-10,12,23H,11,13,30H2,1-5H3. The minimum absolute atomic E-state index is 0.277. The molecule has 30 heavy (non-hydrogen) atoms. The van der Waals surface area contributed by atoms with Gasteiger partial charge in [-0.25, -0.2) is 9.69 Å². The first-order chi connectivity index (χ1) is 14.0. The summed E-state index contributed by atoms with van der Waals surface area (Å²) in [5.74, 6) is -0.277. The zero-order chi connectivity index (χ0) is 22.2. The van der Waals surface area contributed by atoms with Gasteiger partial charge in [0.15, 0.2) is 0 Å². The summed E-state index contributed by atoms with van der Waals surface area (Å²) in [5, 5.41) is 13.2. The van der Waals surface area contributed by atoms with Crippen molar-refractivity contribution in [1.29, 1.82) is 5.41 Å². The molecule has 1 aliphatic rings. The number of benzene rings is 1. The van der Waals surface area contributed by atoms with Crippen LogP contribution in [0.3, 0.4) is 0 Å². The molecule has 0 saturated carbocycles. The van der Waals surface area contributed by atoms with E-state index in [2.05, 4.69) is 14.3 Å². The third kappa shape index (κ3) is 4.08. The number of rotatable bonds is 6. The summed E-state index contributed by atoms with van der Waals surface area (Å²) in [5.41, 5.74) is 2.89. The van der Waals surface area contributed by atoms with Gasteiger partial charge in [-0.1, -0.05) is 29.8 Å². The highest BCUT2D eigenvalue weighted by atomic mass is 31.0. The summed E-state index contributed by atoms with van der Waals surface area (Å²) in [6.07, 6.45) is 3.20. The number of hydrogen-bond acceptors (Lipinski definition) is 4. The maximum atomic E-state index is 13.2. The number of nitrogens with zero attached hydrogens (tertiary/aromatic N) is 4. The molecule has 2 heterocycles. The molecule has 7 nitrogen and oxygen atoms in total. The highest BCUT2D eigenvalue weighted by Gasteiger charge is 2.52. The van der Waals surface area contributed by atoms with Crippen LogP contribution in [0.2, 0.25) is 0 Å². The van der Waals surface area contributed by atoms with Crippen molar-refractivity contribution in [3.8, 4) is 0 Å². The smallest absolute Gasteiger partial charge is 0.305 e. The molecule has 8 heteroatoms. The molecule has 1 unspecified atom stereocenters. The number of carbonyl (C=O) groups is 2. The molecule has 158 valence electrons. The van der Waals surface area contributed by atoms with Gasteiger partial charge in [-0.05, 0) is 51.1 Å². The summed E-state index contributed by atoms with van der Waals surface area (Å²) in [4.78, 5) is 29.1. The van der Waals surface area contributed by atoms with Gasteiger partial charge in [0.05, 0.1) is 18.4 Å². The fourth-order valence-corrected chi connectivity index (χ4v) is 3.77. The Morgan fingerprint density at radius 2 is 1.80 bits per heavy atom. The zero-order valence-corrected chi connectivity index (χ0v) is 19.2. The maximum absolute atomic E-state index is 13.2. The number of amides is 3. The topological polar surface area (TPSA) is 82.3 Å². The van der Waals surface area contributed by atoms with Gasteiger partial charge in [0.25, 0.3) is 5.91 Å². The first kappa shape index (κ1) is 21.9. The van der Waals surface area contributed by atoms with Gasteiger partial charge >= 0.3 is 6.03 Å². The Bertz CT molecular complexity index is 1030. The number of aryl methyl sites for hydroxylation is 1. The molecular weight excluding hydrogens is 397 g/mol. The number of imide groups is 1. The van der Waals surface area contributed by atoms with Crippen LogP contribution in [-0.2, 0) is 17.9 Å². The average molecular weight is 425 g/mol. The molecule has 2 aromatic rings. The van der Waals surface area contributed by atoms with Crippen LogP contribution in [0, 0.1) is 12.3 Å². The van der Waals surface area contributed by atoms with E-state index < -0.39 is 5.54 Å². The van der Waals surface area contributed by atoms with E-state index in [0.29, 0.717) is 24.5 Å². The molecule has 1 fully saturated rings. The monoisotopic (exact) mass is 425 g/mol. The second-order valence-corrected chi connectivity index (χ2v) is 9.10. The molecule has 1 aromatic carbocycles. The van der Waals surface area contributed by atoms with Crippen molar-refractivity contribution in [2.45, 2.75) is 53.2 Å². The van der Waals surface area contributed by atoms with Crippen LogP contribution < -0.4 is 4.90 Å². The molecule has 0 bridgehead atoms. The fourth-order valence-electron chi connectivity index (χ4n) is 3.46. The van der Waals surface area contributed by atoms with E-state index >= 15 is 0 Å². The molecule has 3 amide bonds. The van der Waals surface area contributed by atoms with E-state index in [1.165, 1.54) is 11.1 Å². The SMILES string of the molecule is CC(=N)C(Cn1cc(N2C(=O)N(Cc3ccc(C)cc3)C(C)(C)C2=O)cn1)=C(C)P. The Hall–Kier alpha value is -2.79. The van der Waals surface area contributed by atoms with Gasteiger partial charge < -0.3 is 10.3 Å². The van der Waals surface area contributed by atoms with Crippen molar-refractivity contribution in [3.63, 3.8) is 0 Å². The van der Waals surface area contributed by atoms with Crippen LogP contribution in [0.1, 0.15) is 38.8 Å². The quantitative estimate of drug-likeness (QED) is 0.429. The summed E-state index contributed by atoms with van der Waals surface area (Å²) < 4.78 is 1.65. The highest BCUT2D eigenvalue weighted by molar-refractivity contribution is 7.22. The second kappa shape index (κ2) is 8.15. The van der Waals surface area contributed by atoms with Crippen molar-refractivity contribution >= 4 is 32.6 Å². The van der Waals surface area contributed by atoms with E-state index in [1.54, 1.807) is 36.5 Å². The van der Waals surface area contributed by atoms with Crippen LogP contribution in [0.25, 0.3) is 0 Å². The third-order valence-corrected chi connectivity index (χ3v) is 5.76. The molecule has 1 aromatic heterocycles. The van der Waals surface area contributed by atoms with Crippen molar-refractivity contribution in [2.24, 2.45) is 0 Å². The minimum Gasteiger partial charge on any atom is -0.305 e. The second-order valence-electron chi connectivity index (χ2n) is 8.24. The number of anilines is 1. The van der Waals surface area contributed by atoms with Crippen molar-refractivity contribution in [2.75, 3.05) is 4.90 Å². The van der Waals surface area contributed by atoms with Crippen LogP contribution in [0.5, 0.6) is 0 Å². The third-order valence-electron chi connectivity index (χ3n) is 5.41. The van der Waals surface area contributed by atoms with E-state index in [-0.39, 0.29) is 11.9 Å². The van der Waals surface area contributed by atoms with Gasteiger partial charge in [0.2, 0.25) is 0 Å². The van der Waals surface area contributed by atoms with Crippen LogP contribution in [0.15, 0.2) is 47.5 Å². The maximum Gasteiger partial charge on any atom is 0.332 e. The highest BCUT2D eigenvalue weighted by Crippen LogP contribution is 2.33. The molecule has 1 saturated heterocycles. The summed E-state index contributed by atoms with van der Waals surface area (Å²) in [6.45, 7) is 9.95. The Kier molecular flexibility index (Phi) is 5.95. The number of aromatic nitrogens is 2. The van der Waals surface area contributed by atoms with Crippen molar-refractivity contribution in [1.82, 2.24) is 14.7 Å². The lowest BCUT2D eigenvalue weighted by Gasteiger charge is -2.27. The van der Waals surface area contributed by atoms with Gasteiger partial charge in [-0.2, -0.15) is 5.10 Å². The first-order valence-electron chi connectivity index (χ1n) is 9.77. The molecule has 0 radical (unpaired) electrons. The summed E-state index contributed by atoms with van der Waals surface area (Å²) >= 11 is 0. The molecule has 1 aliphatic heterocycles. The number of nitrogens with one attached hydrogen (secondary N) is 1. The Morgan fingerprint density at radius 1 is 1.17 bits per heavy atom. The van der Waals surface area contributed by atoms with Crippen LogP contribution in [-0.4, -0.2) is 37.9 Å². The molecule has 0 spiro atoms. The van der Waals surface area contributed by atoms with E-state index in [9.17, 15) is 9.59 Å². The fraction of sp³-hybridized carbons (Fsp3) is 0.364. The van der Waals surface area contributed by atoms with Crippen molar-refractivity contribution < 1.29 is 9.59 Å². The molecular formula is C22H28N5O2P. The predicted octanol–water partition coefficient (Wildman–Crippen LogP) is 4.13. The number of urea groups is 1. The number of allylic oxidation sites excluding steroid dienone is 2. The lowest BCUT2D eigenvalue weighted by atomic mass is 10.0. The zero-order valence-electron chi connectivity index (χ0n) is 18.1. The molecule has 3 rings (SSSR count). The lowest BCUT2D eigenvalue weighted by Crippen LogP contribution is -2.43. The molecule has 1 atom stereocenters. The summed E-state index contributed by atoms with van der Waals surface area (Å²) in [6, 6.07) is 7.59. The number of carbonyl (C=O) groups excluding carboxylic acids is 2. The number of hydrogen-bond donors (Lipinski definition) is 1. The van der Waals surface area contributed by atoms with E-state index in [4.69, 9.17) is 5.41 Å². The largest absolute Gasteiger partial charge is 0.332 e. The van der Waals surface area contributed by atoms with Crippen LogP contribution >= 0.6 is 9.24 Å². The molecule has 1 N–H and O–H groups in total. The normalized spacial score (nSPS) is 16.9. The van der Waals surface area contributed by atoms with Crippen molar-refractivity contribution in [3.05, 3.63) is 58.7 Å². The van der Waals surface area contributed by atoms with Crippen LogP contribution in [0.4, 0.5) is 10.5 Å². The summed E-state index contributed by atoms with van der Waals surface area (Å²) in [7, 11) is 2.61.